The van der Waals surface area contributed by atoms with Gasteiger partial charge in [0.1, 0.15) is 5.60 Å². The normalized spacial score (nSPS) is 14.5. The Labute approximate surface area is 231 Å². The lowest BCUT2D eigenvalue weighted by Crippen LogP contribution is -2.48. The molecule has 3 aromatic rings. The Kier molecular flexibility index (Phi) is 11.1. The van der Waals surface area contributed by atoms with E-state index in [-0.39, 0.29) is 18.9 Å². The second-order valence-electron chi connectivity index (χ2n) is 10.8. The number of carbonyl (C=O) groups is 2. The number of hydrogen-bond donors (Lipinski definition) is 4. The maximum atomic E-state index is 13.6. The summed E-state index contributed by atoms with van der Waals surface area (Å²) in [4.78, 5) is 26.2. The molecule has 208 valence electrons. The molecule has 4 N–H and O–H groups in total. The average molecular weight is 533 g/mol. The Balaban J connectivity index is 1.82. The summed E-state index contributed by atoms with van der Waals surface area (Å²) in [6.45, 7) is 5.08. The highest BCUT2D eigenvalue weighted by Gasteiger charge is 2.31. The van der Waals surface area contributed by atoms with Gasteiger partial charge >= 0.3 is 6.09 Å². The summed E-state index contributed by atoms with van der Waals surface area (Å²) in [5.41, 5.74) is 1.98. The van der Waals surface area contributed by atoms with Crippen molar-refractivity contribution in [1.29, 1.82) is 0 Å². The van der Waals surface area contributed by atoms with Gasteiger partial charge in [-0.3, -0.25) is 4.79 Å². The maximum Gasteiger partial charge on any atom is 0.407 e. The van der Waals surface area contributed by atoms with Crippen molar-refractivity contribution >= 4 is 12.0 Å². The van der Waals surface area contributed by atoms with Crippen molar-refractivity contribution in [3.8, 4) is 0 Å². The van der Waals surface area contributed by atoms with Crippen LogP contribution in [-0.2, 0) is 22.4 Å². The van der Waals surface area contributed by atoms with Crippen molar-refractivity contribution < 1.29 is 24.5 Å². The number of carbonyl (C=O) groups excluding carboxylic acids is 2. The zero-order valence-corrected chi connectivity index (χ0v) is 22.9. The molecule has 0 fully saturated rings. The molecule has 0 aromatic heterocycles. The molecule has 0 heterocycles. The third-order valence-electron chi connectivity index (χ3n) is 6.39. The standard InChI is InChI=1S/C32H40N2O5/c1-32(2,3)39-31(38)34-27(20-24-15-9-5-10-16-24)29(36)21-26(19-23-13-7-4-8-14-23)30(37)33-28(22-35)25-17-11-6-12-18-25/h4-18,26-29,35-36H,19-22H2,1-3H3,(H,33,37)(H,34,38)/t26-,27-,28+,29+/m0/s1. The van der Waals surface area contributed by atoms with Gasteiger partial charge in [0.05, 0.1) is 24.8 Å². The third kappa shape index (κ3) is 10.2. The molecule has 7 heteroatoms. The molecular formula is C32H40N2O5. The van der Waals surface area contributed by atoms with Gasteiger partial charge in [-0.1, -0.05) is 91.0 Å². The molecule has 0 aliphatic rings. The first-order chi connectivity index (χ1) is 18.6. The molecule has 0 saturated heterocycles. The Morgan fingerprint density at radius 2 is 1.31 bits per heavy atom. The van der Waals surface area contributed by atoms with Crippen LogP contribution in [0.15, 0.2) is 91.0 Å². The van der Waals surface area contributed by atoms with Gasteiger partial charge in [-0.05, 0) is 56.7 Å². The quantitative estimate of drug-likeness (QED) is 0.273. The van der Waals surface area contributed by atoms with Crippen molar-refractivity contribution in [2.24, 2.45) is 5.92 Å². The fraction of sp³-hybridized carbons (Fsp3) is 0.375. The van der Waals surface area contributed by atoms with E-state index in [1.807, 2.05) is 91.0 Å². The van der Waals surface area contributed by atoms with Crippen LogP contribution >= 0.6 is 0 Å². The number of ether oxygens (including phenoxy) is 1. The number of nitrogens with one attached hydrogen (secondary N) is 2. The molecule has 0 unspecified atom stereocenters. The second kappa shape index (κ2) is 14.5. The van der Waals surface area contributed by atoms with E-state index in [2.05, 4.69) is 10.6 Å². The van der Waals surface area contributed by atoms with Crippen molar-refractivity contribution in [2.75, 3.05) is 6.61 Å². The summed E-state index contributed by atoms with van der Waals surface area (Å²) < 4.78 is 5.45. The van der Waals surface area contributed by atoms with Gasteiger partial charge in [-0.2, -0.15) is 0 Å². The van der Waals surface area contributed by atoms with Gasteiger partial charge in [0.15, 0.2) is 0 Å². The summed E-state index contributed by atoms with van der Waals surface area (Å²) in [7, 11) is 0. The van der Waals surface area contributed by atoms with Gasteiger partial charge in [0.2, 0.25) is 5.91 Å². The van der Waals surface area contributed by atoms with E-state index in [1.54, 1.807) is 20.8 Å². The highest BCUT2D eigenvalue weighted by Crippen LogP contribution is 2.21. The number of alkyl carbamates (subject to hydrolysis) is 1. The number of amides is 2. The van der Waals surface area contributed by atoms with Crippen LogP contribution in [0.5, 0.6) is 0 Å². The summed E-state index contributed by atoms with van der Waals surface area (Å²) in [5.74, 6) is -0.893. The van der Waals surface area contributed by atoms with Crippen molar-refractivity contribution in [3.05, 3.63) is 108 Å². The lowest BCUT2D eigenvalue weighted by molar-refractivity contribution is -0.127. The third-order valence-corrected chi connectivity index (χ3v) is 6.39. The van der Waals surface area contributed by atoms with Crippen LogP contribution in [-0.4, -0.2) is 46.6 Å². The first-order valence-corrected chi connectivity index (χ1v) is 13.4. The zero-order valence-electron chi connectivity index (χ0n) is 22.9. The molecule has 3 rings (SSSR count). The fourth-order valence-electron chi connectivity index (χ4n) is 4.46. The number of benzene rings is 3. The topological polar surface area (TPSA) is 108 Å². The molecule has 3 aromatic carbocycles. The minimum Gasteiger partial charge on any atom is -0.444 e. The Morgan fingerprint density at radius 1 is 0.795 bits per heavy atom. The fourth-order valence-corrected chi connectivity index (χ4v) is 4.46. The summed E-state index contributed by atoms with van der Waals surface area (Å²) in [5, 5.41) is 27.2. The minimum atomic E-state index is -1.04. The lowest BCUT2D eigenvalue weighted by Gasteiger charge is -2.29. The van der Waals surface area contributed by atoms with Gasteiger partial charge in [-0.15, -0.1) is 0 Å². The monoisotopic (exact) mass is 532 g/mol. The first-order valence-electron chi connectivity index (χ1n) is 13.4. The van der Waals surface area contributed by atoms with Crippen LogP contribution in [0, 0.1) is 5.92 Å². The largest absolute Gasteiger partial charge is 0.444 e. The molecule has 7 nitrogen and oxygen atoms in total. The highest BCUT2D eigenvalue weighted by molar-refractivity contribution is 5.79. The van der Waals surface area contributed by atoms with E-state index in [1.165, 1.54) is 0 Å². The number of rotatable bonds is 12. The van der Waals surface area contributed by atoms with E-state index < -0.39 is 35.8 Å². The molecule has 0 aliphatic heterocycles. The van der Waals surface area contributed by atoms with E-state index in [0.717, 1.165) is 16.7 Å². The van der Waals surface area contributed by atoms with E-state index in [4.69, 9.17) is 4.74 Å². The summed E-state index contributed by atoms with van der Waals surface area (Å²) in [6.07, 6.45) is -0.816. The number of hydrogen-bond acceptors (Lipinski definition) is 5. The Hall–Kier alpha value is -3.68. The molecule has 39 heavy (non-hydrogen) atoms. The van der Waals surface area contributed by atoms with Crippen LogP contribution in [0.2, 0.25) is 0 Å². The molecule has 0 spiro atoms. The summed E-state index contributed by atoms with van der Waals surface area (Å²) >= 11 is 0. The number of aliphatic hydroxyl groups excluding tert-OH is 2. The SMILES string of the molecule is CC(C)(C)OC(=O)N[C@@H](Cc1ccccc1)[C@H](O)C[C@H](Cc1ccccc1)C(=O)N[C@H](CO)c1ccccc1. The van der Waals surface area contributed by atoms with Crippen molar-refractivity contribution in [1.82, 2.24) is 10.6 Å². The van der Waals surface area contributed by atoms with Crippen molar-refractivity contribution in [3.63, 3.8) is 0 Å². The lowest BCUT2D eigenvalue weighted by atomic mass is 9.88. The van der Waals surface area contributed by atoms with Crippen LogP contribution in [0.25, 0.3) is 0 Å². The van der Waals surface area contributed by atoms with E-state index in [0.29, 0.717) is 12.8 Å². The second-order valence-corrected chi connectivity index (χ2v) is 10.8. The highest BCUT2D eigenvalue weighted by atomic mass is 16.6. The Morgan fingerprint density at radius 3 is 1.82 bits per heavy atom. The van der Waals surface area contributed by atoms with Crippen LogP contribution in [0.3, 0.4) is 0 Å². The van der Waals surface area contributed by atoms with Crippen LogP contribution in [0.4, 0.5) is 4.79 Å². The van der Waals surface area contributed by atoms with Gasteiger partial charge in [0.25, 0.3) is 0 Å². The van der Waals surface area contributed by atoms with Gasteiger partial charge in [0, 0.05) is 5.92 Å². The number of aliphatic hydroxyl groups is 2. The average Bonchev–Trinajstić information content (AvgIpc) is 2.91. The molecule has 4 atom stereocenters. The van der Waals surface area contributed by atoms with Crippen LogP contribution in [0.1, 0.15) is 49.9 Å². The van der Waals surface area contributed by atoms with E-state index in [9.17, 15) is 19.8 Å². The molecule has 0 saturated carbocycles. The molecule has 0 aliphatic carbocycles. The maximum absolute atomic E-state index is 13.6. The van der Waals surface area contributed by atoms with Crippen LogP contribution < -0.4 is 10.6 Å². The smallest absolute Gasteiger partial charge is 0.407 e. The Bertz CT molecular complexity index is 1150. The predicted molar refractivity (Wildman–Crippen MR) is 152 cm³/mol. The summed E-state index contributed by atoms with van der Waals surface area (Å²) in [6, 6.07) is 27.2. The molecule has 0 bridgehead atoms. The predicted octanol–water partition coefficient (Wildman–Crippen LogP) is 4.58. The van der Waals surface area contributed by atoms with E-state index >= 15 is 0 Å². The molecule has 0 radical (unpaired) electrons. The van der Waals surface area contributed by atoms with Crippen molar-refractivity contribution in [2.45, 2.75) is 63.8 Å². The zero-order chi connectivity index (χ0) is 28.3. The first kappa shape index (κ1) is 29.9. The van der Waals surface area contributed by atoms with Gasteiger partial charge in [-0.25, -0.2) is 4.79 Å². The molecular weight excluding hydrogens is 492 g/mol. The minimum absolute atomic E-state index is 0.0982. The molecule has 2 amide bonds. The van der Waals surface area contributed by atoms with Gasteiger partial charge < -0.3 is 25.6 Å².